The van der Waals surface area contributed by atoms with Crippen LogP contribution in [0.4, 0.5) is 11.5 Å². The summed E-state index contributed by atoms with van der Waals surface area (Å²) in [7, 11) is 1.92. The van der Waals surface area contributed by atoms with Gasteiger partial charge >= 0.3 is 11.9 Å². The van der Waals surface area contributed by atoms with Crippen molar-refractivity contribution in [1.29, 1.82) is 0 Å². The first kappa shape index (κ1) is 34.0. The summed E-state index contributed by atoms with van der Waals surface area (Å²) in [5.74, 6) is 0.537. The topological polar surface area (TPSA) is 166 Å². The molecule has 1 amide bonds. The van der Waals surface area contributed by atoms with E-state index in [-0.39, 0.29) is 49.3 Å². The van der Waals surface area contributed by atoms with Crippen LogP contribution in [0.15, 0.2) is 71.9 Å². The number of aliphatic imine (C=N–C) groups is 1. The van der Waals surface area contributed by atoms with Crippen LogP contribution >= 0.6 is 0 Å². The molecule has 0 radical (unpaired) electrons. The maximum Gasteiger partial charge on any atom is 0.309 e. The highest BCUT2D eigenvalue weighted by atomic mass is 16.6. The number of esters is 2. The molecule has 2 aromatic carbocycles. The van der Waals surface area contributed by atoms with Gasteiger partial charge in [0.15, 0.2) is 6.23 Å². The molecule has 0 aliphatic carbocycles. The Labute approximate surface area is 279 Å². The molecule has 1 aliphatic rings. The van der Waals surface area contributed by atoms with Gasteiger partial charge in [0.1, 0.15) is 17.5 Å². The first-order valence-electron chi connectivity index (χ1n) is 16.2. The number of aromatic nitrogens is 3. The van der Waals surface area contributed by atoms with Crippen LogP contribution in [0.5, 0.6) is 0 Å². The smallest absolute Gasteiger partial charge is 0.309 e. The number of fused-ring (bicyclic) bond motifs is 1. The van der Waals surface area contributed by atoms with E-state index in [0.717, 1.165) is 36.4 Å². The average Bonchev–Trinajstić information content (AvgIpc) is 3.71. The molecule has 0 bridgehead atoms. The number of nitrogens with zero attached hydrogens (tertiary/aromatic N) is 5. The number of nitrogens with one attached hydrogen (secondary N) is 2. The van der Waals surface area contributed by atoms with Crippen LogP contribution in [0, 0.1) is 0 Å². The van der Waals surface area contributed by atoms with E-state index in [1.165, 1.54) is 4.90 Å². The van der Waals surface area contributed by atoms with Crippen LogP contribution < -0.4 is 21.3 Å². The summed E-state index contributed by atoms with van der Waals surface area (Å²) in [6.45, 7) is 5.21. The van der Waals surface area contributed by atoms with Gasteiger partial charge in [-0.1, -0.05) is 6.07 Å². The number of aryl methyl sites for hydroxylation is 1. The highest BCUT2D eigenvalue weighted by Gasteiger charge is 2.22. The number of carbonyl (C=O) groups is 3. The van der Waals surface area contributed by atoms with Gasteiger partial charge in [-0.05, 0) is 87.8 Å². The minimum Gasteiger partial charge on any atom is -0.466 e. The van der Waals surface area contributed by atoms with E-state index < -0.39 is 6.23 Å². The van der Waals surface area contributed by atoms with Gasteiger partial charge in [0.2, 0.25) is 0 Å². The lowest BCUT2D eigenvalue weighted by Gasteiger charge is -2.21. The number of anilines is 2. The number of pyridine rings is 1. The number of rotatable bonds is 14. The van der Waals surface area contributed by atoms with E-state index in [4.69, 9.17) is 20.2 Å². The predicted molar refractivity (Wildman–Crippen MR) is 184 cm³/mol. The summed E-state index contributed by atoms with van der Waals surface area (Å²) in [5, 5.41) is 6.67. The third-order valence-electron chi connectivity index (χ3n) is 8.07. The van der Waals surface area contributed by atoms with Gasteiger partial charge in [0, 0.05) is 42.6 Å². The Kier molecular flexibility index (Phi) is 11.4. The minimum atomic E-state index is -0.687. The maximum atomic E-state index is 13.7. The zero-order chi connectivity index (χ0) is 34.0. The molecule has 2 unspecified atom stereocenters. The van der Waals surface area contributed by atoms with Gasteiger partial charge in [0.05, 0.1) is 37.0 Å². The maximum absolute atomic E-state index is 13.7. The van der Waals surface area contributed by atoms with Crippen molar-refractivity contribution in [3.05, 3.63) is 83.8 Å². The third-order valence-corrected chi connectivity index (χ3v) is 8.07. The van der Waals surface area contributed by atoms with Gasteiger partial charge in [-0.2, -0.15) is 0 Å². The molecule has 0 spiro atoms. The zero-order valence-electron chi connectivity index (χ0n) is 27.5. The molecule has 48 heavy (non-hydrogen) atoms. The molecular formula is C35H42N8O5. The number of benzene rings is 2. The van der Waals surface area contributed by atoms with Crippen molar-refractivity contribution in [3.63, 3.8) is 0 Å². The quantitative estimate of drug-likeness (QED) is 0.103. The van der Waals surface area contributed by atoms with Crippen molar-refractivity contribution in [2.75, 3.05) is 29.9 Å². The Morgan fingerprint density at radius 2 is 1.92 bits per heavy atom. The fourth-order valence-electron chi connectivity index (χ4n) is 5.57. The normalized spacial score (nSPS) is 15.2. The number of carbonyl (C=O) groups excluding carboxylic acids is 3. The van der Waals surface area contributed by atoms with Crippen LogP contribution in [0.25, 0.3) is 11.0 Å². The molecule has 13 heteroatoms. The molecule has 3 heterocycles. The molecule has 1 aliphatic heterocycles. The molecule has 4 N–H and O–H groups in total. The monoisotopic (exact) mass is 654 g/mol. The summed E-state index contributed by atoms with van der Waals surface area (Å²) in [4.78, 5) is 52.9. The lowest BCUT2D eigenvalue weighted by Crippen LogP contribution is -2.34. The summed E-state index contributed by atoms with van der Waals surface area (Å²) < 4.78 is 12.5. The van der Waals surface area contributed by atoms with Crippen LogP contribution in [0.1, 0.15) is 61.3 Å². The summed E-state index contributed by atoms with van der Waals surface area (Å²) >= 11 is 0. The molecule has 0 saturated carbocycles. The number of ether oxygens (including phenoxy) is 2. The molecular weight excluding hydrogens is 612 g/mol. The van der Waals surface area contributed by atoms with Gasteiger partial charge in [-0.15, -0.1) is 0 Å². The molecule has 2 atom stereocenters. The number of hydrogen-bond donors (Lipinski definition) is 3. The summed E-state index contributed by atoms with van der Waals surface area (Å²) in [6.07, 6.45) is 3.33. The number of imidazole rings is 1. The third kappa shape index (κ3) is 8.73. The van der Waals surface area contributed by atoms with Crippen molar-refractivity contribution in [1.82, 2.24) is 19.9 Å². The fraction of sp³-hybridized carbons (Fsp3) is 0.371. The van der Waals surface area contributed by atoms with Crippen LogP contribution in [0.2, 0.25) is 0 Å². The van der Waals surface area contributed by atoms with Crippen LogP contribution in [0.3, 0.4) is 0 Å². The fourth-order valence-corrected chi connectivity index (χ4v) is 5.57. The predicted octanol–water partition coefficient (Wildman–Crippen LogP) is 3.92. The molecule has 4 aromatic rings. The molecule has 2 aromatic heterocycles. The second-order valence-corrected chi connectivity index (χ2v) is 11.5. The van der Waals surface area contributed by atoms with Crippen molar-refractivity contribution in [3.8, 4) is 0 Å². The summed E-state index contributed by atoms with van der Waals surface area (Å²) in [6, 6.07) is 18.3. The lowest BCUT2D eigenvalue weighted by molar-refractivity contribution is -0.148. The zero-order valence-corrected chi connectivity index (χ0v) is 27.5. The van der Waals surface area contributed by atoms with Crippen LogP contribution in [-0.2, 0) is 32.7 Å². The Bertz CT molecular complexity index is 1750. The Hall–Kier alpha value is -5.30. The van der Waals surface area contributed by atoms with Gasteiger partial charge < -0.3 is 30.4 Å². The summed E-state index contributed by atoms with van der Waals surface area (Å²) in [5.41, 5.74) is 9.73. The Morgan fingerprint density at radius 3 is 2.62 bits per heavy atom. The van der Waals surface area contributed by atoms with Crippen molar-refractivity contribution in [2.24, 2.45) is 17.8 Å². The number of nitrogens with two attached hydrogens (primary N) is 1. The Morgan fingerprint density at radius 1 is 1.12 bits per heavy atom. The highest BCUT2D eigenvalue weighted by molar-refractivity contribution is 6.07. The van der Waals surface area contributed by atoms with Gasteiger partial charge in [-0.25, -0.2) is 15.0 Å². The van der Waals surface area contributed by atoms with E-state index >= 15 is 0 Å². The molecule has 252 valence electrons. The number of amides is 1. The van der Waals surface area contributed by atoms with Crippen molar-refractivity contribution in [2.45, 2.75) is 58.3 Å². The van der Waals surface area contributed by atoms with Gasteiger partial charge in [0.25, 0.3) is 5.91 Å². The minimum absolute atomic E-state index is 0.0468. The molecule has 13 nitrogen and oxygen atoms in total. The van der Waals surface area contributed by atoms with Gasteiger partial charge in [-0.3, -0.25) is 19.3 Å². The van der Waals surface area contributed by atoms with E-state index in [1.807, 2.05) is 41.9 Å². The molecule has 1 fully saturated rings. The largest absolute Gasteiger partial charge is 0.466 e. The number of amidine groups is 1. The first-order valence-corrected chi connectivity index (χ1v) is 16.2. The lowest BCUT2D eigenvalue weighted by atomic mass is 10.1. The first-order chi connectivity index (χ1) is 23.2. The van der Waals surface area contributed by atoms with E-state index in [1.54, 1.807) is 50.4 Å². The van der Waals surface area contributed by atoms with Crippen LogP contribution in [-0.4, -0.2) is 70.2 Å². The highest BCUT2D eigenvalue weighted by Crippen LogP contribution is 2.22. The standard InChI is InChI=1S/C35H42N8O5/c1-4-47-32(44)16-19-43(30-9-5-6-17-38-30)35(46)25-12-15-29-28(20-25)41-31(42(29)3)22-39-26-13-10-24(11-14-26)34(36)40-23(2)48-33(45)21-27-8-7-18-37-27/h5-6,9-15,17,20,23,27,37,39H,4,7-8,16,18-19,21-22H2,1-3H3,(H2,36,40). The van der Waals surface area contributed by atoms with E-state index in [2.05, 4.69) is 20.6 Å². The SMILES string of the molecule is CCOC(=O)CCN(C(=O)c1ccc2c(c1)nc(CNc1ccc(/C(N)=N/C(C)OC(=O)CC3CCCN3)cc1)n2C)c1ccccn1. The average molecular weight is 655 g/mol. The van der Waals surface area contributed by atoms with E-state index in [9.17, 15) is 14.4 Å². The number of hydrogen-bond acceptors (Lipinski definition) is 10. The Balaban J connectivity index is 1.21. The van der Waals surface area contributed by atoms with Crippen molar-refractivity contribution >= 4 is 46.2 Å². The molecule has 1 saturated heterocycles. The molecule has 5 rings (SSSR count). The van der Waals surface area contributed by atoms with Crippen molar-refractivity contribution < 1.29 is 23.9 Å². The second kappa shape index (κ2) is 16.0. The second-order valence-electron chi connectivity index (χ2n) is 11.5. The van der Waals surface area contributed by atoms with E-state index in [0.29, 0.717) is 35.4 Å².